The van der Waals surface area contributed by atoms with Gasteiger partial charge in [-0.2, -0.15) is 8.42 Å². The fraction of sp³-hybridized carbons (Fsp3) is 0.111. The summed E-state index contributed by atoms with van der Waals surface area (Å²) in [5, 5.41) is 0.613. The van der Waals surface area contributed by atoms with Crippen molar-refractivity contribution in [1.82, 2.24) is 4.98 Å². The van der Waals surface area contributed by atoms with Crippen LogP contribution in [-0.4, -0.2) is 20.5 Å². The van der Waals surface area contributed by atoms with Gasteiger partial charge in [0.15, 0.2) is 5.82 Å². The summed E-state index contributed by atoms with van der Waals surface area (Å²) in [7, 11) is -3.00. The van der Waals surface area contributed by atoms with Gasteiger partial charge >= 0.3 is 0 Å². The van der Waals surface area contributed by atoms with Gasteiger partial charge in [0.25, 0.3) is 10.1 Å². The predicted molar refractivity (Wildman–Crippen MR) is 52.5 cm³/mol. The topological polar surface area (TPSA) is 59.2 Å². The summed E-state index contributed by atoms with van der Waals surface area (Å²) in [6.07, 6.45) is 1.54. The molecule has 1 aromatic carbocycles. The van der Waals surface area contributed by atoms with E-state index in [9.17, 15) is 12.8 Å². The van der Waals surface area contributed by atoms with E-state index in [1.54, 1.807) is 6.07 Å². The molecule has 0 aliphatic heterocycles. The number of aromatic amines is 1. The molecule has 80 valence electrons. The normalized spacial score (nSPS) is 12.1. The summed E-state index contributed by atoms with van der Waals surface area (Å²) < 4.78 is 40.6. The minimum Gasteiger partial charge on any atom is -0.359 e. The maximum atomic E-state index is 13.7. The van der Waals surface area contributed by atoms with Crippen molar-refractivity contribution in [2.24, 2.45) is 0 Å². The highest BCUT2D eigenvalue weighted by Crippen LogP contribution is 2.23. The standard InChI is InChI=1S/C9H8FNO3S/c1-14-15(12,13)7-3-2-6-4-5-11-9(6)8(7)10/h2-5,11H,1H3. The van der Waals surface area contributed by atoms with Crippen molar-refractivity contribution in [3.63, 3.8) is 0 Å². The van der Waals surface area contributed by atoms with E-state index in [-0.39, 0.29) is 5.52 Å². The van der Waals surface area contributed by atoms with Crippen LogP contribution in [0.2, 0.25) is 0 Å². The number of H-pyrrole nitrogens is 1. The molecule has 0 aliphatic rings. The van der Waals surface area contributed by atoms with Gasteiger partial charge in [-0.3, -0.25) is 4.18 Å². The molecule has 0 saturated heterocycles. The SMILES string of the molecule is COS(=O)(=O)c1ccc2cc[nH]c2c1F. The zero-order chi connectivity index (χ0) is 11.1. The summed E-state index contributed by atoms with van der Waals surface area (Å²) in [6, 6.07) is 4.35. The first-order valence-electron chi connectivity index (χ1n) is 4.12. The van der Waals surface area contributed by atoms with Crippen LogP contribution >= 0.6 is 0 Å². The molecule has 1 N–H and O–H groups in total. The summed E-state index contributed by atoms with van der Waals surface area (Å²) >= 11 is 0. The molecule has 0 spiro atoms. The fourth-order valence-electron chi connectivity index (χ4n) is 1.36. The Morgan fingerprint density at radius 3 is 2.73 bits per heavy atom. The highest BCUT2D eigenvalue weighted by atomic mass is 32.2. The predicted octanol–water partition coefficient (Wildman–Crippen LogP) is 1.64. The van der Waals surface area contributed by atoms with E-state index in [1.807, 2.05) is 0 Å². The molecule has 1 heterocycles. The average molecular weight is 229 g/mol. The lowest BCUT2D eigenvalue weighted by molar-refractivity contribution is 0.394. The number of halogens is 1. The van der Waals surface area contributed by atoms with Crippen molar-refractivity contribution < 1.29 is 17.0 Å². The smallest absolute Gasteiger partial charge is 0.299 e. The van der Waals surface area contributed by atoms with E-state index < -0.39 is 20.8 Å². The zero-order valence-corrected chi connectivity index (χ0v) is 8.64. The quantitative estimate of drug-likeness (QED) is 0.796. The maximum absolute atomic E-state index is 13.7. The Balaban J connectivity index is 2.79. The van der Waals surface area contributed by atoms with E-state index in [4.69, 9.17) is 0 Å². The molecular weight excluding hydrogens is 221 g/mol. The summed E-state index contributed by atoms with van der Waals surface area (Å²) in [6.45, 7) is 0. The molecular formula is C9H8FNO3S. The second-order valence-electron chi connectivity index (χ2n) is 2.94. The summed E-state index contributed by atoms with van der Waals surface area (Å²) in [5.74, 6) is -0.820. The first-order chi connectivity index (χ1) is 7.06. The molecule has 2 rings (SSSR count). The molecule has 0 amide bonds. The largest absolute Gasteiger partial charge is 0.359 e. The minimum absolute atomic E-state index is 0.160. The van der Waals surface area contributed by atoms with Gasteiger partial charge in [0.1, 0.15) is 4.90 Å². The molecule has 0 saturated carbocycles. The highest BCUT2D eigenvalue weighted by molar-refractivity contribution is 7.86. The van der Waals surface area contributed by atoms with Crippen molar-refractivity contribution in [2.45, 2.75) is 4.90 Å². The molecule has 0 bridgehead atoms. The number of hydrogen-bond donors (Lipinski definition) is 1. The Labute approximate surface area is 85.8 Å². The summed E-state index contributed by atoms with van der Waals surface area (Å²) in [4.78, 5) is 2.17. The van der Waals surface area contributed by atoms with Crippen LogP contribution < -0.4 is 0 Å². The Morgan fingerprint density at radius 1 is 1.33 bits per heavy atom. The molecule has 1 aromatic heterocycles. The van der Waals surface area contributed by atoms with Crippen LogP contribution in [0.5, 0.6) is 0 Å². The minimum atomic E-state index is -3.99. The molecule has 0 aliphatic carbocycles. The number of fused-ring (bicyclic) bond motifs is 1. The van der Waals surface area contributed by atoms with E-state index in [0.717, 1.165) is 7.11 Å². The van der Waals surface area contributed by atoms with Crippen LogP contribution in [0.1, 0.15) is 0 Å². The molecule has 6 heteroatoms. The molecule has 0 fully saturated rings. The van der Waals surface area contributed by atoms with Crippen LogP contribution in [0, 0.1) is 5.82 Å². The molecule has 0 radical (unpaired) electrons. The summed E-state index contributed by atoms with van der Waals surface area (Å²) in [5.41, 5.74) is 0.160. The molecule has 0 unspecified atom stereocenters. The van der Waals surface area contributed by atoms with E-state index in [2.05, 4.69) is 9.17 Å². The van der Waals surface area contributed by atoms with Crippen molar-refractivity contribution in [1.29, 1.82) is 0 Å². The van der Waals surface area contributed by atoms with Crippen LogP contribution in [0.4, 0.5) is 4.39 Å². The van der Waals surface area contributed by atoms with Crippen LogP contribution in [0.25, 0.3) is 10.9 Å². The van der Waals surface area contributed by atoms with Gasteiger partial charge in [0, 0.05) is 11.6 Å². The van der Waals surface area contributed by atoms with Crippen LogP contribution in [0.15, 0.2) is 29.3 Å². The third-order valence-electron chi connectivity index (χ3n) is 2.12. The van der Waals surface area contributed by atoms with E-state index >= 15 is 0 Å². The van der Waals surface area contributed by atoms with Gasteiger partial charge in [-0.1, -0.05) is 6.07 Å². The molecule has 0 atom stereocenters. The monoisotopic (exact) mass is 229 g/mol. The van der Waals surface area contributed by atoms with Crippen LogP contribution in [-0.2, 0) is 14.3 Å². The molecule has 2 aromatic rings. The zero-order valence-electron chi connectivity index (χ0n) is 7.82. The number of nitrogens with one attached hydrogen (secondary N) is 1. The molecule has 4 nitrogen and oxygen atoms in total. The Kier molecular flexibility index (Phi) is 2.24. The van der Waals surface area contributed by atoms with E-state index in [1.165, 1.54) is 18.3 Å². The number of rotatable bonds is 2. The first-order valence-corrected chi connectivity index (χ1v) is 5.53. The number of benzene rings is 1. The van der Waals surface area contributed by atoms with Gasteiger partial charge < -0.3 is 4.98 Å². The Morgan fingerprint density at radius 2 is 2.07 bits per heavy atom. The van der Waals surface area contributed by atoms with Gasteiger partial charge in [-0.15, -0.1) is 0 Å². The fourth-order valence-corrected chi connectivity index (χ4v) is 2.09. The maximum Gasteiger partial charge on any atom is 0.299 e. The third kappa shape index (κ3) is 1.51. The Hall–Kier alpha value is -1.40. The van der Waals surface area contributed by atoms with Crippen LogP contribution in [0.3, 0.4) is 0 Å². The van der Waals surface area contributed by atoms with Gasteiger partial charge in [-0.05, 0) is 12.1 Å². The lowest BCUT2D eigenvalue weighted by atomic mass is 10.2. The average Bonchev–Trinajstić information content (AvgIpc) is 2.66. The van der Waals surface area contributed by atoms with Gasteiger partial charge in [-0.25, -0.2) is 4.39 Å². The lowest BCUT2D eigenvalue weighted by Crippen LogP contribution is -2.05. The molecule has 15 heavy (non-hydrogen) atoms. The van der Waals surface area contributed by atoms with Crippen molar-refractivity contribution >= 4 is 21.0 Å². The van der Waals surface area contributed by atoms with E-state index in [0.29, 0.717) is 5.39 Å². The number of hydrogen-bond acceptors (Lipinski definition) is 3. The number of aromatic nitrogens is 1. The second-order valence-corrected chi connectivity index (χ2v) is 4.62. The van der Waals surface area contributed by atoms with Crippen molar-refractivity contribution in [2.75, 3.05) is 7.11 Å². The van der Waals surface area contributed by atoms with Crippen molar-refractivity contribution in [3.8, 4) is 0 Å². The first kappa shape index (κ1) is 10.1. The van der Waals surface area contributed by atoms with Crippen molar-refractivity contribution in [3.05, 3.63) is 30.2 Å². The second kappa shape index (κ2) is 3.32. The van der Waals surface area contributed by atoms with Gasteiger partial charge in [0.2, 0.25) is 0 Å². The highest BCUT2D eigenvalue weighted by Gasteiger charge is 2.20. The lowest BCUT2D eigenvalue weighted by Gasteiger charge is -2.03. The van der Waals surface area contributed by atoms with Gasteiger partial charge in [0.05, 0.1) is 12.6 Å². The third-order valence-corrected chi connectivity index (χ3v) is 3.41. The Bertz CT molecular complexity index is 603.